The van der Waals surface area contributed by atoms with Gasteiger partial charge in [-0.05, 0) is 31.9 Å². The van der Waals surface area contributed by atoms with Gasteiger partial charge in [0.05, 0.1) is 10.6 Å². The minimum Gasteiger partial charge on any atom is -0.477 e. The number of rotatable bonds is 4. The Morgan fingerprint density at radius 1 is 1.43 bits per heavy atom. The van der Waals surface area contributed by atoms with Crippen molar-refractivity contribution in [3.8, 4) is 5.82 Å². The van der Waals surface area contributed by atoms with Crippen LogP contribution in [-0.2, 0) is 6.42 Å². The topological polar surface area (TPSA) is 111 Å². The van der Waals surface area contributed by atoms with Crippen LogP contribution < -0.4 is 0 Å². The summed E-state index contributed by atoms with van der Waals surface area (Å²) in [6.07, 6.45) is 0.726. The highest BCUT2D eigenvalue weighted by atomic mass is 16.6. The Hall–Kier alpha value is -2.77. The summed E-state index contributed by atoms with van der Waals surface area (Å²) in [5, 5.41) is 24.4. The highest BCUT2D eigenvalue weighted by Crippen LogP contribution is 2.24. The lowest BCUT2D eigenvalue weighted by Gasteiger charge is -2.06. The summed E-state index contributed by atoms with van der Waals surface area (Å²) in [5.74, 6) is -1.33. The van der Waals surface area contributed by atoms with Crippen molar-refractivity contribution in [2.75, 3.05) is 0 Å². The zero-order valence-electron chi connectivity index (χ0n) is 11.8. The number of aryl methyl sites for hydroxylation is 1. The second-order valence-corrected chi connectivity index (χ2v) is 4.52. The molecule has 2 aromatic heterocycles. The maximum Gasteiger partial charge on any atom is 0.354 e. The molecule has 0 saturated heterocycles. The van der Waals surface area contributed by atoms with Gasteiger partial charge in [-0.3, -0.25) is 10.1 Å². The summed E-state index contributed by atoms with van der Waals surface area (Å²) >= 11 is 0. The van der Waals surface area contributed by atoms with Crippen LogP contribution in [0.25, 0.3) is 5.82 Å². The van der Waals surface area contributed by atoms with E-state index in [1.807, 2.05) is 6.92 Å². The van der Waals surface area contributed by atoms with Crippen LogP contribution in [-0.4, -0.2) is 30.8 Å². The molecule has 2 heterocycles. The third-order valence-corrected chi connectivity index (χ3v) is 3.27. The molecular formula is C13H14N4O4. The largest absolute Gasteiger partial charge is 0.477 e. The van der Waals surface area contributed by atoms with E-state index in [1.165, 1.54) is 4.68 Å². The fourth-order valence-electron chi connectivity index (χ4n) is 2.25. The van der Waals surface area contributed by atoms with Gasteiger partial charge in [0.15, 0.2) is 5.69 Å². The molecule has 0 saturated carbocycles. The molecule has 0 spiro atoms. The van der Waals surface area contributed by atoms with Crippen LogP contribution in [0, 0.1) is 24.0 Å². The molecule has 0 aliphatic rings. The van der Waals surface area contributed by atoms with E-state index < -0.39 is 10.9 Å². The van der Waals surface area contributed by atoms with E-state index in [4.69, 9.17) is 5.11 Å². The summed E-state index contributed by atoms with van der Waals surface area (Å²) in [5.41, 5.74) is 1.88. The van der Waals surface area contributed by atoms with Crippen molar-refractivity contribution in [3.05, 3.63) is 44.9 Å². The second kappa shape index (κ2) is 5.31. The van der Waals surface area contributed by atoms with Gasteiger partial charge in [-0.2, -0.15) is 5.10 Å². The fourth-order valence-corrected chi connectivity index (χ4v) is 2.25. The van der Waals surface area contributed by atoms with E-state index in [9.17, 15) is 14.9 Å². The van der Waals surface area contributed by atoms with Gasteiger partial charge in [-0.15, -0.1) is 0 Å². The highest BCUT2D eigenvalue weighted by Gasteiger charge is 2.23. The monoisotopic (exact) mass is 290 g/mol. The van der Waals surface area contributed by atoms with Crippen molar-refractivity contribution in [2.45, 2.75) is 27.2 Å². The highest BCUT2D eigenvalue weighted by molar-refractivity contribution is 5.86. The Labute approximate surface area is 120 Å². The molecule has 0 aromatic carbocycles. The van der Waals surface area contributed by atoms with Crippen molar-refractivity contribution in [3.63, 3.8) is 0 Å². The van der Waals surface area contributed by atoms with Crippen molar-refractivity contribution in [2.24, 2.45) is 0 Å². The molecule has 0 radical (unpaired) electrons. The molecule has 0 amide bonds. The molecule has 2 aromatic rings. The maximum absolute atomic E-state index is 11.1. The molecule has 0 unspecified atom stereocenters. The van der Waals surface area contributed by atoms with Gasteiger partial charge >= 0.3 is 11.7 Å². The molecule has 110 valence electrons. The molecule has 0 atom stereocenters. The molecule has 8 heteroatoms. The first-order valence-electron chi connectivity index (χ1n) is 6.31. The third-order valence-electron chi connectivity index (χ3n) is 3.27. The number of carbonyl (C=O) groups is 1. The van der Waals surface area contributed by atoms with Gasteiger partial charge in [0.1, 0.15) is 0 Å². The van der Waals surface area contributed by atoms with Crippen LogP contribution in [0.4, 0.5) is 5.69 Å². The van der Waals surface area contributed by atoms with Crippen molar-refractivity contribution in [1.29, 1.82) is 0 Å². The molecule has 0 aliphatic carbocycles. The fraction of sp³-hybridized carbons (Fsp3) is 0.308. The second-order valence-electron chi connectivity index (χ2n) is 4.52. The number of aromatic nitrogens is 3. The van der Waals surface area contributed by atoms with Gasteiger partial charge in [0.25, 0.3) is 0 Å². The van der Waals surface area contributed by atoms with Gasteiger partial charge < -0.3 is 5.11 Å². The zero-order chi connectivity index (χ0) is 15.7. The number of nitrogens with zero attached hydrogens (tertiary/aromatic N) is 4. The number of carboxylic acid groups (broad SMARTS) is 1. The smallest absolute Gasteiger partial charge is 0.354 e. The Balaban J connectivity index is 2.74. The average molecular weight is 290 g/mol. The van der Waals surface area contributed by atoms with Crippen molar-refractivity contribution in [1.82, 2.24) is 14.8 Å². The summed E-state index contributed by atoms with van der Waals surface area (Å²) in [6, 6.07) is 2.24. The quantitative estimate of drug-likeness (QED) is 0.681. The molecule has 2 rings (SSSR count). The van der Waals surface area contributed by atoms with Crippen LogP contribution in [0.2, 0.25) is 0 Å². The van der Waals surface area contributed by atoms with Gasteiger partial charge in [-0.25, -0.2) is 14.5 Å². The Kier molecular flexibility index (Phi) is 3.70. The minimum absolute atomic E-state index is 0.0831. The van der Waals surface area contributed by atoms with E-state index in [2.05, 4.69) is 10.1 Å². The van der Waals surface area contributed by atoms with E-state index in [0.29, 0.717) is 5.69 Å². The van der Waals surface area contributed by atoms with Crippen molar-refractivity contribution < 1.29 is 14.8 Å². The SMILES string of the molecule is CCc1c(C)nn(-c2nc(C(=O)O)ccc2[N+](=O)[O-])c1C. The lowest BCUT2D eigenvalue weighted by molar-refractivity contribution is -0.385. The number of nitro groups is 1. The van der Waals surface area contributed by atoms with Gasteiger partial charge in [0.2, 0.25) is 5.82 Å². The average Bonchev–Trinajstić information content (AvgIpc) is 2.72. The third kappa shape index (κ3) is 2.47. The molecular weight excluding hydrogens is 276 g/mol. The summed E-state index contributed by atoms with van der Waals surface area (Å²) in [7, 11) is 0. The standard InChI is InChI=1S/C13H14N4O4/c1-4-9-7(2)15-16(8(9)3)12-11(17(20)21)6-5-10(14-12)13(18)19/h5-6H,4H2,1-3H3,(H,18,19). The molecule has 0 bridgehead atoms. The van der Waals surface area contributed by atoms with Crippen LogP contribution in [0.1, 0.15) is 34.4 Å². The normalized spacial score (nSPS) is 10.6. The lowest BCUT2D eigenvalue weighted by Crippen LogP contribution is -2.10. The van der Waals surface area contributed by atoms with E-state index in [0.717, 1.165) is 29.8 Å². The number of pyridine rings is 1. The van der Waals surface area contributed by atoms with E-state index in [-0.39, 0.29) is 17.2 Å². The Bertz CT molecular complexity index is 736. The van der Waals surface area contributed by atoms with Gasteiger partial charge in [0, 0.05) is 11.8 Å². The summed E-state index contributed by atoms with van der Waals surface area (Å²) in [4.78, 5) is 25.4. The number of aromatic carboxylic acids is 1. The van der Waals surface area contributed by atoms with Gasteiger partial charge in [-0.1, -0.05) is 6.92 Å². The molecule has 0 aliphatic heterocycles. The Morgan fingerprint density at radius 2 is 2.10 bits per heavy atom. The minimum atomic E-state index is -1.25. The summed E-state index contributed by atoms with van der Waals surface area (Å²) in [6.45, 7) is 5.53. The lowest BCUT2D eigenvalue weighted by atomic mass is 10.1. The van der Waals surface area contributed by atoms with E-state index in [1.54, 1.807) is 13.8 Å². The number of carboxylic acids is 1. The predicted molar refractivity (Wildman–Crippen MR) is 73.8 cm³/mol. The van der Waals surface area contributed by atoms with Crippen LogP contribution in [0.3, 0.4) is 0 Å². The van der Waals surface area contributed by atoms with Crippen LogP contribution >= 0.6 is 0 Å². The molecule has 1 N–H and O–H groups in total. The predicted octanol–water partition coefficient (Wildman–Crippen LogP) is 2.05. The molecule has 21 heavy (non-hydrogen) atoms. The first-order chi connectivity index (χ1) is 9.86. The first kappa shape index (κ1) is 14.6. The molecule has 8 nitrogen and oxygen atoms in total. The molecule has 0 fully saturated rings. The van der Waals surface area contributed by atoms with Crippen LogP contribution in [0.5, 0.6) is 0 Å². The summed E-state index contributed by atoms with van der Waals surface area (Å²) < 4.78 is 1.33. The number of hydrogen-bond donors (Lipinski definition) is 1. The maximum atomic E-state index is 11.1. The first-order valence-corrected chi connectivity index (χ1v) is 6.31. The Morgan fingerprint density at radius 3 is 2.57 bits per heavy atom. The van der Waals surface area contributed by atoms with E-state index >= 15 is 0 Å². The number of hydrogen-bond acceptors (Lipinski definition) is 5. The zero-order valence-corrected chi connectivity index (χ0v) is 11.8. The van der Waals surface area contributed by atoms with Crippen molar-refractivity contribution >= 4 is 11.7 Å². The van der Waals surface area contributed by atoms with Crippen LogP contribution in [0.15, 0.2) is 12.1 Å².